The average Bonchev–Trinajstić information content (AvgIpc) is 2.54. The second kappa shape index (κ2) is 8.70. The molecule has 0 bridgehead atoms. The van der Waals surface area contributed by atoms with E-state index in [2.05, 4.69) is 26.5 Å². The zero-order chi connectivity index (χ0) is 17.5. The van der Waals surface area contributed by atoms with E-state index >= 15 is 0 Å². The number of halogens is 2. The zero-order valence-corrected chi connectivity index (χ0v) is 15.6. The zero-order valence-electron chi connectivity index (χ0n) is 13.3. The lowest BCUT2D eigenvalue weighted by Crippen LogP contribution is -2.24. The van der Waals surface area contributed by atoms with E-state index in [1.165, 1.54) is 0 Å². The predicted molar refractivity (Wildman–Crippen MR) is 101 cm³/mol. The topological polar surface area (TPSA) is 53.9 Å². The number of anilines is 1. The highest BCUT2D eigenvalue weighted by molar-refractivity contribution is 9.10. The number of nitrogens with one attached hydrogen (secondary N) is 1. The van der Waals surface area contributed by atoms with Crippen LogP contribution in [0, 0.1) is 0 Å². The third-order valence-corrected chi connectivity index (χ3v) is 3.92. The number of hydrazone groups is 1. The van der Waals surface area contributed by atoms with Crippen molar-refractivity contribution in [2.75, 3.05) is 25.6 Å². The van der Waals surface area contributed by atoms with Crippen molar-refractivity contribution in [1.82, 2.24) is 5.43 Å². The maximum atomic E-state index is 11.7. The monoisotopic (exact) mass is 409 g/mol. The van der Waals surface area contributed by atoms with Crippen LogP contribution in [0.5, 0.6) is 5.75 Å². The number of amides is 1. The number of ether oxygens (including phenoxy) is 1. The molecule has 0 aromatic heterocycles. The number of carbonyl (C=O) groups is 1. The lowest BCUT2D eigenvalue weighted by atomic mass is 10.2. The van der Waals surface area contributed by atoms with Gasteiger partial charge in [-0.15, -0.1) is 0 Å². The van der Waals surface area contributed by atoms with Crippen LogP contribution in [0.2, 0.25) is 5.02 Å². The van der Waals surface area contributed by atoms with Crippen molar-refractivity contribution in [1.29, 1.82) is 0 Å². The van der Waals surface area contributed by atoms with Gasteiger partial charge >= 0.3 is 0 Å². The maximum absolute atomic E-state index is 11.7. The molecule has 0 heterocycles. The van der Waals surface area contributed by atoms with Crippen LogP contribution >= 0.6 is 27.5 Å². The van der Waals surface area contributed by atoms with Crippen LogP contribution in [0.25, 0.3) is 0 Å². The molecule has 0 aliphatic rings. The van der Waals surface area contributed by atoms with Gasteiger partial charge in [0.15, 0.2) is 6.61 Å². The minimum Gasteiger partial charge on any atom is -0.483 e. The Balaban J connectivity index is 1.82. The molecule has 1 N–H and O–H groups in total. The number of hydrogen-bond donors (Lipinski definition) is 1. The highest BCUT2D eigenvalue weighted by Crippen LogP contribution is 2.27. The highest BCUT2D eigenvalue weighted by Gasteiger charge is 2.05. The lowest BCUT2D eigenvalue weighted by molar-refractivity contribution is -0.123. The van der Waals surface area contributed by atoms with Crippen LogP contribution in [-0.4, -0.2) is 32.8 Å². The Bertz CT molecular complexity index is 733. The third kappa shape index (κ3) is 5.54. The minimum atomic E-state index is -0.349. The van der Waals surface area contributed by atoms with E-state index in [4.69, 9.17) is 16.3 Å². The smallest absolute Gasteiger partial charge is 0.277 e. The third-order valence-electron chi connectivity index (χ3n) is 3.07. The van der Waals surface area contributed by atoms with Crippen LogP contribution < -0.4 is 15.1 Å². The summed E-state index contributed by atoms with van der Waals surface area (Å²) < 4.78 is 6.09. The van der Waals surface area contributed by atoms with E-state index in [-0.39, 0.29) is 12.5 Å². The largest absolute Gasteiger partial charge is 0.483 e. The summed E-state index contributed by atoms with van der Waals surface area (Å²) in [7, 11) is 3.95. The molecule has 2 rings (SSSR count). The molecular formula is C17H17BrClN3O2. The van der Waals surface area contributed by atoms with Gasteiger partial charge in [-0.05, 0) is 51.8 Å². The Morgan fingerprint density at radius 3 is 2.62 bits per heavy atom. The van der Waals surface area contributed by atoms with Crippen LogP contribution in [0.15, 0.2) is 52.0 Å². The van der Waals surface area contributed by atoms with Gasteiger partial charge in [0.25, 0.3) is 5.91 Å². The number of benzene rings is 2. The van der Waals surface area contributed by atoms with E-state index in [1.54, 1.807) is 24.4 Å². The van der Waals surface area contributed by atoms with Crippen LogP contribution in [0.3, 0.4) is 0 Å². The predicted octanol–water partition coefficient (Wildman–Crippen LogP) is 3.70. The molecule has 0 radical (unpaired) electrons. The number of carbonyl (C=O) groups excluding carboxylic acids is 1. The molecule has 0 aliphatic carbocycles. The molecular weight excluding hydrogens is 394 g/mol. The van der Waals surface area contributed by atoms with Crippen molar-refractivity contribution in [3.63, 3.8) is 0 Å². The fourth-order valence-electron chi connectivity index (χ4n) is 1.81. The van der Waals surface area contributed by atoms with Gasteiger partial charge in [-0.2, -0.15) is 5.10 Å². The summed E-state index contributed by atoms with van der Waals surface area (Å²) in [6.07, 6.45) is 1.58. The van der Waals surface area contributed by atoms with Gasteiger partial charge in [-0.1, -0.05) is 23.7 Å². The summed E-state index contributed by atoms with van der Waals surface area (Å²) in [4.78, 5) is 13.7. The van der Waals surface area contributed by atoms with Gasteiger partial charge < -0.3 is 9.64 Å². The molecule has 0 aliphatic heterocycles. The first-order chi connectivity index (χ1) is 11.5. The van der Waals surface area contributed by atoms with Crippen LogP contribution in [0.4, 0.5) is 5.69 Å². The SMILES string of the molecule is CN(C)c1ccc(C=NNC(=O)COc2ccc(Cl)cc2Br)cc1. The molecule has 0 saturated carbocycles. The molecule has 0 spiro atoms. The molecule has 7 heteroatoms. The van der Waals surface area contributed by atoms with E-state index < -0.39 is 0 Å². The Hall–Kier alpha value is -2.05. The van der Waals surface area contributed by atoms with Gasteiger partial charge in [-0.25, -0.2) is 5.43 Å². The van der Waals surface area contributed by atoms with Crippen molar-refractivity contribution < 1.29 is 9.53 Å². The molecule has 0 fully saturated rings. The van der Waals surface area contributed by atoms with Crippen molar-refractivity contribution in [2.24, 2.45) is 5.10 Å². The number of rotatable bonds is 6. The molecule has 1 amide bonds. The Kier molecular flexibility index (Phi) is 6.63. The van der Waals surface area contributed by atoms with Gasteiger partial charge in [0.1, 0.15) is 5.75 Å². The summed E-state index contributed by atoms with van der Waals surface area (Å²) in [5.74, 6) is 0.191. The van der Waals surface area contributed by atoms with Gasteiger partial charge in [0.2, 0.25) is 0 Å². The quantitative estimate of drug-likeness (QED) is 0.583. The molecule has 5 nitrogen and oxygen atoms in total. The van der Waals surface area contributed by atoms with E-state index in [0.717, 1.165) is 11.3 Å². The highest BCUT2D eigenvalue weighted by atomic mass is 79.9. The Labute approximate surface area is 154 Å². The van der Waals surface area contributed by atoms with Crippen molar-refractivity contribution in [2.45, 2.75) is 0 Å². The first kappa shape index (κ1) is 18.3. The summed E-state index contributed by atoms with van der Waals surface area (Å²) in [5, 5.41) is 4.50. The Morgan fingerprint density at radius 1 is 1.29 bits per heavy atom. The van der Waals surface area contributed by atoms with Crippen LogP contribution in [-0.2, 0) is 4.79 Å². The minimum absolute atomic E-state index is 0.142. The number of hydrogen-bond acceptors (Lipinski definition) is 4. The molecule has 2 aromatic carbocycles. The lowest BCUT2D eigenvalue weighted by Gasteiger charge is -2.11. The van der Waals surface area contributed by atoms with E-state index in [0.29, 0.717) is 15.2 Å². The maximum Gasteiger partial charge on any atom is 0.277 e. The molecule has 0 atom stereocenters. The normalized spacial score (nSPS) is 10.7. The summed E-state index contributed by atoms with van der Waals surface area (Å²) in [6, 6.07) is 12.9. The fraction of sp³-hybridized carbons (Fsp3) is 0.176. The first-order valence-electron chi connectivity index (χ1n) is 7.13. The first-order valence-corrected chi connectivity index (χ1v) is 8.30. The second-order valence-electron chi connectivity index (χ2n) is 5.14. The standard InChI is InChI=1S/C17H17BrClN3O2/c1-22(2)14-6-3-12(4-7-14)10-20-21-17(23)11-24-16-8-5-13(19)9-15(16)18/h3-10H,11H2,1-2H3,(H,21,23). The molecule has 24 heavy (non-hydrogen) atoms. The molecule has 0 unspecified atom stereocenters. The van der Waals surface area contributed by atoms with Gasteiger partial charge in [0, 0.05) is 24.8 Å². The second-order valence-corrected chi connectivity index (χ2v) is 6.43. The van der Waals surface area contributed by atoms with Crippen LogP contribution in [0.1, 0.15) is 5.56 Å². The summed E-state index contributed by atoms with van der Waals surface area (Å²) in [5.41, 5.74) is 4.41. The van der Waals surface area contributed by atoms with Crippen molar-refractivity contribution in [3.05, 3.63) is 57.5 Å². The van der Waals surface area contributed by atoms with E-state index in [9.17, 15) is 4.79 Å². The molecule has 126 valence electrons. The average molecular weight is 411 g/mol. The van der Waals surface area contributed by atoms with Crippen molar-refractivity contribution in [3.8, 4) is 5.75 Å². The number of nitrogens with zero attached hydrogens (tertiary/aromatic N) is 2. The van der Waals surface area contributed by atoms with Gasteiger partial charge in [-0.3, -0.25) is 4.79 Å². The Morgan fingerprint density at radius 2 is 2.00 bits per heavy atom. The van der Waals surface area contributed by atoms with Gasteiger partial charge in [0.05, 0.1) is 10.7 Å². The summed E-state index contributed by atoms with van der Waals surface area (Å²) >= 11 is 9.17. The molecule has 2 aromatic rings. The molecule has 0 saturated heterocycles. The van der Waals surface area contributed by atoms with Crippen molar-refractivity contribution >= 4 is 45.3 Å². The fourth-order valence-corrected chi connectivity index (χ4v) is 2.60. The van der Waals surface area contributed by atoms with E-state index in [1.807, 2.05) is 43.3 Å². The summed E-state index contributed by atoms with van der Waals surface area (Å²) in [6.45, 7) is -0.142.